The summed E-state index contributed by atoms with van der Waals surface area (Å²) in [6.07, 6.45) is 4.08. The topological polar surface area (TPSA) is 0 Å². The van der Waals surface area contributed by atoms with Crippen molar-refractivity contribution in [2.45, 2.75) is 74.7 Å². The fourth-order valence-corrected chi connectivity index (χ4v) is 2.25. The highest BCUT2D eigenvalue weighted by molar-refractivity contribution is 4.76. The lowest BCUT2D eigenvalue weighted by Gasteiger charge is -2.32. The van der Waals surface area contributed by atoms with Gasteiger partial charge in [0.05, 0.1) is 0 Å². The monoisotopic (exact) mass is 212 g/mol. The van der Waals surface area contributed by atoms with Crippen molar-refractivity contribution < 1.29 is 0 Å². The molecular formula is C15H32. The van der Waals surface area contributed by atoms with Crippen molar-refractivity contribution in [1.82, 2.24) is 0 Å². The maximum Gasteiger partial charge on any atom is -0.0352 e. The third-order valence-corrected chi connectivity index (χ3v) is 3.69. The van der Waals surface area contributed by atoms with Crippen LogP contribution >= 0.6 is 0 Å². The molecule has 0 aromatic rings. The Kier molecular flexibility index (Phi) is 5.37. The molecule has 0 aliphatic carbocycles. The molecule has 0 N–H and O–H groups in total. The van der Waals surface area contributed by atoms with Gasteiger partial charge in [-0.2, -0.15) is 0 Å². The Morgan fingerprint density at radius 1 is 0.867 bits per heavy atom. The van der Waals surface area contributed by atoms with Gasteiger partial charge in [0.15, 0.2) is 0 Å². The quantitative estimate of drug-likeness (QED) is 0.563. The van der Waals surface area contributed by atoms with Gasteiger partial charge in [-0.1, -0.05) is 55.4 Å². The van der Waals surface area contributed by atoms with Gasteiger partial charge >= 0.3 is 0 Å². The largest absolute Gasteiger partial charge is 0.0628 e. The second-order valence-corrected chi connectivity index (χ2v) is 7.57. The summed E-state index contributed by atoms with van der Waals surface area (Å²) < 4.78 is 0. The second kappa shape index (κ2) is 5.37. The smallest absolute Gasteiger partial charge is 0.0352 e. The van der Waals surface area contributed by atoms with E-state index in [9.17, 15) is 0 Å². The zero-order valence-electron chi connectivity index (χ0n) is 12.3. The summed E-state index contributed by atoms with van der Waals surface area (Å²) in [6.45, 7) is 19.0. The Morgan fingerprint density at radius 3 is 1.67 bits per heavy atom. The molecule has 0 heteroatoms. The highest BCUT2D eigenvalue weighted by Gasteiger charge is 2.24. The molecule has 0 bridgehead atoms. The summed E-state index contributed by atoms with van der Waals surface area (Å²) in [7, 11) is 0. The summed E-state index contributed by atoms with van der Waals surface area (Å²) >= 11 is 0. The van der Waals surface area contributed by atoms with Gasteiger partial charge in [0.1, 0.15) is 0 Å². The van der Waals surface area contributed by atoms with E-state index in [4.69, 9.17) is 0 Å². The maximum atomic E-state index is 2.42. The van der Waals surface area contributed by atoms with Gasteiger partial charge < -0.3 is 0 Å². The van der Waals surface area contributed by atoms with E-state index in [1.54, 1.807) is 0 Å². The molecule has 15 heavy (non-hydrogen) atoms. The van der Waals surface area contributed by atoms with Crippen LogP contribution in [0, 0.1) is 22.7 Å². The summed E-state index contributed by atoms with van der Waals surface area (Å²) in [6, 6.07) is 0. The predicted molar refractivity (Wildman–Crippen MR) is 71.1 cm³/mol. The van der Waals surface area contributed by atoms with E-state index in [1.807, 2.05) is 0 Å². The summed E-state index contributed by atoms with van der Waals surface area (Å²) in [5, 5.41) is 0. The Morgan fingerprint density at radius 2 is 1.33 bits per heavy atom. The number of rotatable bonds is 5. The van der Waals surface area contributed by atoms with Crippen molar-refractivity contribution in [3.63, 3.8) is 0 Å². The van der Waals surface area contributed by atoms with Crippen LogP contribution < -0.4 is 0 Å². The highest BCUT2D eigenvalue weighted by Crippen LogP contribution is 2.36. The minimum Gasteiger partial charge on any atom is -0.0628 e. The molecule has 0 amide bonds. The van der Waals surface area contributed by atoms with E-state index in [1.165, 1.54) is 19.3 Å². The van der Waals surface area contributed by atoms with E-state index >= 15 is 0 Å². The van der Waals surface area contributed by atoms with Gasteiger partial charge in [0.25, 0.3) is 0 Å². The van der Waals surface area contributed by atoms with Crippen LogP contribution in [0.1, 0.15) is 74.7 Å². The van der Waals surface area contributed by atoms with Crippen LogP contribution in [0.15, 0.2) is 0 Å². The van der Waals surface area contributed by atoms with Crippen LogP contribution in [0.5, 0.6) is 0 Å². The van der Waals surface area contributed by atoms with Crippen molar-refractivity contribution >= 4 is 0 Å². The standard InChI is InChI=1S/C15H32/c1-12(2)11-15(7,8)10-9-13(3)14(4,5)6/h12-13H,9-11H2,1-8H3. The summed E-state index contributed by atoms with van der Waals surface area (Å²) in [5.41, 5.74) is 0.988. The lowest BCUT2D eigenvalue weighted by atomic mass is 9.73. The van der Waals surface area contributed by atoms with E-state index in [2.05, 4.69) is 55.4 Å². The molecule has 0 aromatic carbocycles. The average Bonchev–Trinajstić information content (AvgIpc) is 1.95. The van der Waals surface area contributed by atoms with Crippen LogP contribution in [-0.2, 0) is 0 Å². The third-order valence-electron chi connectivity index (χ3n) is 3.69. The SMILES string of the molecule is CC(C)CC(C)(C)CCC(C)C(C)(C)C. The van der Waals surface area contributed by atoms with Gasteiger partial charge in [-0.25, -0.2) is 0 Å². The van der Waals surface area contributed by atoms with Crippen molar-refractivity contribution in [1.29, 1.82) is 0 Å². The van der Waals surface area contributed by atoms with E-state index in [-0.39, 0.29) is 0 Å². The van der Waals surface area contributed by atoms with Crippen LogP contribution in [0.2, 0.25) is 0 Å². The molecule has 0 aliphatic heterocycles. The summed E-state index contributed by atoms with van der Waals surface area (Å²) in [4.78, 5) is 0. The first kappa shape index (κ1) is 15.0. The molecule has 0 nitrogen and oxygen atoms in total. The minimum atomic E-state index is 0.466. The Labute approximate surface area is 97.8 Å². The number of hydrogen-bond acceptors (Lipinski definition) is 0. The third kappa shape index (κ3) is 6.98. The fraction of sp³-hybridized carbons (Fsp3) is 1.00. The summed E-state index contributed by atoms with van der Waals surface area (Å²) in [5.74, 6) is 1.65. The number of hydrogen-bond donors (Lipinski definition) is 0. The van der Waals surface area contributed by atoms with Gasteiger partial charge in [-0.3, -0.25) is 0 Å². The molecule has 0 aromatic heterocycles. The average molecular weight is 212 g/mol. The van der Waals surface area contributed by atoms with E-state index in [0.717, 1.165) is 11.8 Å². The molecule has 1 unspecified atom stereocenters. The predicted octanol–water partition coefficient (Wildman–Crippen LogP) is 5.52. The first-order valence-electron chi connectivity index (χ1n) is 6.54. The van der Waals surface area contributed by atoms with Crippen LogP contribution in [0.25, 0.3) is 0 Å². The molecule has 1 atom stereocenters. The van der Waals surface area contributed by atoms with E-state index < -0.39 is 0 Å². The van der Waals surface area contributed by atoms with Gasteiger partial charge in [0, 0.05) is 0 Å². The Balaban J connectivity index is 4.04. The van der Waals surface area contributed by atoms with Gasteiger partial charge in [-0.15, -0.1) is 0 Å². The molecule has 0 heterocycles. The molecule has 0 fully saturated rings. The maximum absolute atomic E-state index is 2.42. The van der Waals surface area contributed by atoms with Crippen LogP contribution in [-0.4, -0.2) is 0 Å². The normalized spacial score (nSPS) is 15.8. The molecule has 0 saturated heterocycles. The Hall–Kier alpha value is 0. The first-order valence-corrected chi connectivity index (χ1v) is 6.54. The van der Waals surface area contributed by atoms with Crippen molar-refractivity contribution in [2.24, 2.45) is 22.7 Å². The molecule has 0 saturated carbocycles. The van der Waals surface area contributed by atoms with Crippen LogP contribution in [0.4, 0.5) is 0 Å². The molecule has 0 rings (SSSR count). The molecule has 0 aliphatic rings. The molecule has 0 radical (unpaired) electrons. The Bertz CT molecular complexity index is 169. The minimum absolute atomic E-state index is 0.466. The highest BCUT2D eigenvalue weighted by atomic mass is 14.3. The zero-order valence-corrected chi connectivity index (χ0v) is 12.3. The van der Waals surface area contributed by atoms with Crippen LogP contribution in [0.3, 0.4) is 0 Å². The zero-order chi connectivity index (χ0) is 12.3. The van der Waals surface area contributed by atoms with Crippen molar-refractivity contribution in [3.05, 3.63) is 0 Å². The molecular weight excluding hydrogens is 180 g/mol. The first-order chi connectivity index (χ1) is 6.54. The van der Waals surface area contributed by atoms with Crippen molar-refractivity contribution in [2.75, 3.05) is 0 Å². The molecule has 0 spiro atoms. The van der Waals surface area contributed by atoms with E-state index in [0.29, 0.717) is 10.8 Å². The van der Waals surface area contributed by atoms with Crippen molar-refractivity contribution in [3.8, 4) is 0 Å². The fourth-order valence-electron chi connectivity index (χ4n) is 2.25. The lowest BCUT2D eigenvalue weighted by Crippen LogP contribution is -2.21. The lowest BCUT2D eigenvalue weighted by molar-refractivity contribution is 0.188. The van der Waals surface area contributed by atoms with Gasteiger partial charge in [0.2, 0.25) is 0 Å². The molecule has 92 valence electrons. The second-order valence-electron chi connectivity index (χ2n) is 7.57. The van der Waals surface area contributed by atoms with Gasteiger partial charge in [-0.05, 0) is 41.9 Å².